The number of rotatable bonds is 8. The summed E-state index contributed by atoms with van der Waals surface area (Å²) in [7, 11) is 0. The van der Waals surface area contributed by atoms with Crippen LogP contribution in [-0.4, -0.2) is 25.7 Å². The standard InChI is InChI=1S/C14H21ClN2O2/c1-2-3-8-19-9-4-7-17-14(18)12-6-5-11(16)10-13(12)15/h5-6,10H,2-4,7-9,16H2,1H3,(H,17,18). The second-order valence-electron chi connectivity index (χ2n) is 4.31. The smallest absolute Gasteiger partial charge is 0.252 e. The first-order valence-corrected chi connectivity index (χ1v) is 6.94. The van der Waals surface area contributed by atoms with Gasteiger partial charge in [0.15, 0.2) is 0 Å². The van der Waals surface area contributed by atoms with Gasteiger partial charge in [0.2, 0.25) is 0 Å². The largest absolute Gasteiger partial charge is 0.399 e. The zero-order valence-corrected chi connectivity index (χ0v) is 12.0. The minimum absolute atomic E-state index is 0.182. The molecular formula is C14H21ClN2O2. The molecule has 0 heterocycles. The van der Waals surface area contributed by atoms with Crippen LogP contribution in [-0.2, 0) is 4.74 Å². The first kappa shape index (κ1) is 15.8. The van der Waals surface area contributed by atoms with Crippen molar-refractivity contribution >= 4 is 23.2 Å². The average molecular weight is 285 g/mol. The predicted octanol–water partition coefficient (Wildman–Crippen LogP) is 2.86. The highest BCUT2D eigenvalue weighted by Crippen LogP contribution is 2.18. The van der Waals surface area contributed by atoms with Gasteiger partial charge in [0.25, 0.3) is 5.91 Å². The maximum absolute atomic E-state index is 11.8. The van der Waals surface area contributed by atoms with Gasteiger partial charge in [0, 0.05) is 25.4 Å². The van der Waals surface area contributed by atoms with Gasteiger partial charge in [-0.15, -0.1) is 0 Å². The van der Waals surface area contributed by atoms with E-state index in [1.165, 1.54) is 0 Å². The van der Waals surface area contributed by atoms with E-state index in [4.69, 9.17) is 22.1 Å². The van der Waals surface area contributed by atoms with E-state index >= 15 is 0 Å². The number of halogens is 1. The van der Waals surface area contributed by atoms with E-state index in [0.29, 0.717) is 29.4 Å². The van der Waals surface area contributed by atoms with Crippen molar-refractivity contribution in [3.63, 3.8) is 0 Å². The Morgan fingerprint density at radius 1 is 1.37 bits per heavy atom. The lowest BCUT2D eigenvalue weighted by Gasteiger charge is -2.07. The van der Waals surface area contributed by atoms with Crippen molar-refractivity contribution < 1.29 is 9.53 Å². The maximum Gasteiger partial charge on any atom is 0.252 e. The van der Waals surface area contributed by atoms with E-state index in [1.54, 1.807) is 18.2 Å². The fraction of sp³-hybridized carbons (Fsp3) is 0.500. The molecule has 3 N–H and O–H groups in total. The molecule has 0 spiro atoms. The molecule has 0 radical (unpaired) electrons. The van der Waals surface area contributed by atoms with Crippen LogP contribution in [0.15, 0.2) is 18.2 Å². The van der Waals surface area contributed by atoms with Crippen molar-refractivity contribution in [1.29, 1.82) is 0 Å². The van der Waals surface area contributed by atoms with Crippen LogP contribution in [0.25, 0.3) is 0 Å². The molecule has 1 rings (SSSR count). The first-order valence-electron chi connectivity index (χ1n) is 6.56. The molecule has 0 saturated carbocycles. The number of anilines is 1. The summed E-state index contributed by atoms with van der Waals surface area (Å²) in [6.07, 6.45) is 3.00. The Balaban J connectivity index is 2.24. The molecule has 106 valence electrons. The van der Waals surface area contributed by atoms with E-state index < -0.39 is 0 Å². The number of nitrogen functional groups attached to an aromatic ring is 1. The Kier molecular flexibility index (Phi) is 7.30. The van der Waals surface area contributed by atoms with E-state index in [2.05, 4.69) is 12.2 Å². The number of hydrogen-bond acceptors (Lipinski definition) is 3. The molecule has 0 atom stereocenters. The Morgan fingerprint density at radius 2 is 2.11 bits per heavy atom. The van der Waals surface area contributed by atoms with Crippen LogP contribution in [0.5, 0.6) is 0 Å². The Labute approximate surface area is 119 Å². The number of carbonyl (C=O) groups excluding carboxylic acids is 1. The monoisotopic (exact) mass is 284 g/mol. The molecule has 0 saturated heterocycles. The highest BCUT2D eigenvalue weighted by Gasteiger charge is 2.09. The number of benzene rings is 1. The van der Waals surface area contributed by atoms with Crippen molar-refractivity contribution in [3.05, 3.63) is 28.8 Å². The molecule has 1 aromatic carbocycles. The van der Waals surface area contributed by atoms with Crippen molar-refractivity contribution in [2.24, 2.45) is 0 Å². The molecule has 5 heteroatoms. The van der Waals surface area contributed by atoms with Crippen LogP contribution in [0.4, 0.5) is 5.69 Å². The number of amides is 1. The second kappa shape index (κ2) is 8.77. The molecule has 0 bridgehead atoms. The molecule has 4 nitrogen and oxygen atoms in total. The van der Waals surface area contributed by atoms with E-state index in [1.807, 2.05) is 0 Å². The molecule has 0 aliphatic heterocycles. The van der Waals surface area contributed by atoms with Gasteiger partial charge < -0.3 is 15.8 Å². The lowest BCUT2D eigenvalue weighted by Crippen LogP contribution is -2.25. The van der Waals surface area contributed by atoms with Crippen molar-refractivity contribution in [3.8, 4) is 0 Å². The number of nitrogens with one attached hydrogen (secondary N) is 1. The zero-order valence-electron chi connectivity index (χ0n) is 11.2. The van der Waals surface area contributed by atoms with Crippen molar-refractivity contribution in [2.75, 3.05) is 25.5 Å². The summed E-state index contributed by atoms with van der Waals surface area (Å²) in [5, 5.41) is 3.18. The first-order chi connectivity index (χ1) is 9.15. The summed E-state index contributed by atoms with van der Waals surface area (Å²) in [6.45, 7) is 4.15. The van der Waals surface area contributed by atoms with Gasteiger partial charge in [0.1, 0.15) is 0 Å². The van der Waals surface area contributed by atoms with Gasteiger partial charge in [-0.3, -0.25) is 4.79 Å². The zero-order chi connectivity index (χ0) is 14.1. The Hall–Kier alpha value is -1.26. The van der Waals surface area contributed by atoms with Crippen LogP contribution < -0.4 is 11.1 Å². The highest BCUT2D eigenvalue weighted by molar-refractivity contribution is 6.34. The van der Waals surface area contributed by atoms with Gasteiger partial charge in [-0.2, -0.15) is 0 Å². The summed E-state index contributed by atoms with van der Waals surface area (Å²) in [5.41, 5.74) is 6.57. The molecule has 0 aliphatic rings. The summed E-state index contributed by atoms with van der Waals surface area (Å²) < 4.78 is 5.41. The molecule has 0 aromatic heterocycles. The van der Waals surface area contributed by atoms with Crippen molar-refractivity contribution in [2.45, 2.75) is 26.2 Å². The number of unbranched alkanes of at least 4 members (excludes halogenated alkanes) is 1. The minimum Gasteiger partial charge on any atom is -0.399 e. The maximum atomic E-state index is 11.8. The van der Waals surface area contributed by atoms with Crippen LogP contribution in [0.2, 0.25) is 5.02 Å². The molecule has 1 amide bonds. The van der Waals surface area contributed by atoms with Gasteiger partial charge in [-0.1, -0.05) is 24.9 Å². The number of nitrogens with two attached hydrogens (primary N) is 1. The minimum atomic E-state index is -0.182. The fourth-order valence-electron chi connectivity index (χ4n) is 1.54. The van der Waals surface area contributed by atoms with Gasteiger partial charge in [-0.05, 0) is 31.0 Å². The summed E-state index contributed by atoms with van der Waals surface area (Å²) in [4.78, 5) is 11.8. The second-order valence-corrected chi connectivity index (χ2v) is 4.72. The topological polar surface area (TPSA) is 64.3 Å². The van der Waals surface area contributed by atoms with Crippen LogP contribution >= 0.6 is 11.6 Å². The summed E-state index contributed by atoms with van der Waals surface area (Å²) >= 11 is 5.96. The molecule has 0 fully saturated rings. The molecule has 0 aliphatic carbocycles. The van der Waals surface area contributed by atoms with Crippen molar-refractivity contribution in [1.82, 2.24) is 5.32 Å². The predicted molar refractivity (Wildman–Crippen MR) is 78.5 cm³/mol. The van der Waals surface area contributed by atoms with E-state index in [-0.39, 0.29) is 5.91 Å². The molecular weight excluding hydrogens is 264 g/mol. The SMILES string of the molecule is CCCCOCCCNC(=O)c1ccc(N)cc1Cl. The van der Waals surface area contributed by atoms with Crippen LogP contribution in [0.1, 0.15) is 36.5 Å². The third kappa shape index (κ3) is 5.94. The lowest BCUT2D eigenvalue weighted by molar-refractivity contribution is 0.0940. The van der Waals surface area contributed by atoms with Gasteiger partial charge >= 0.3 is 0 Å². The highest BCUT2D eigenvalue weighted by atomic mass is 35.5. The normalized spacial score (nSPS) is 10.4. The Bertz CT molecular complexity index is 410. The summed E-state index contributed by atoms with van der Waals surface area (Å²) in [5.74, 6) is -0.182. The number of ether oxygens (including phenoxy) is 1. The fourth-order valence-corrected chi connectivity index (χ4v) is 1.81. The van der Waals surface area contributed by atoms with Gasteiger partial charge in [-0.25, -0.2) is 0 Å². The third-order valence-corrected chi connectivity index (χ3v) is 2.94. The molecule has 19 heavy (non-hydrogen) atoms. The quantitative estimate of drug-likeness (QED) is 0.570. The number of hydrogen-bond donors (Lipinski definition) is 2. The Morgan fingerprint density at radius 3 is 2.79 bits per heavy atom. The van der Waals surface area contributed by atoms with Gasteiger partial charge in [0.05, 0.1) is 10.6 Å². The van der Waals surface area contributed by atoms with E-state index in [9.17, 15) is 4.79 Å². The summed E-state index contributed by atoms with van der Waals surface area (Å²) in [6, 6.07) is 4.86. The molecule has 1 aromatic rings. The average Bonchev–Trinajstić information content (AvgIpc) is 2.37. The van der Waals surface area contributed by atoms with Crippen LogP contribution in [0, 0.1) is 0 Å². The lowest BCUT2D eigenvalue weighted by atomic mass is 10.2. The molecule has 0 unspecified atom stereocenters. The number of carbonyl (C=O) groups is 1. The van der Waals surface area contributed by atoms with E-state index in [0.717, 1.165) is 25.9 Å². The third-order valence-electron chi connectivity index (χ3n) is 2.63. The van der Waals surface area contributed by atoms with Crippen LogP contribution in [0.3, 0.4) is 0 Å².